The van der Waals surface area contributed by atoms with Crippen LogP contribution in [-0.4, -0.2) is 53.7 Å². The Kier molecular flexibility index (Phi) is 7.53. The summed E-state index contributed by atoms with van der Waals surface area (Å²) in [6.07, 6.45) is 3.45. The maximum Gasteiger partial charge on any atom is 0.254 e. The fraction of sp³-hybridized carbons (Fsp3) is 0.312. The number of aryl methyl sites for hydroxylation is 1. The number of ether oxygens (including phenoxy) is 2. The van der Waals surface area contributed by atoms with E-state index in [1.165, 1.54) is 24.0 Å². The van der Waals surface area contributed by atoms with E-state index >= 15 is 0 Å². The number of pyridine rings is 1. The van der Waals surface area contributed by atoms with Gasteiger partial charge in [0, 0.05) is 48.1 Å². The second kappa shape index (κ2) is 11.4. The van der Waals surface area contributed by atoms with Crippen LogP contribution in [0.25, 0.3) is 22.2 Å². The minimum atomic E-state index is 0.0593. The molecule has 2 aliphatic rings. The molecule has 0 atom stereocenters. The molecule has 0 bridgehead atoms. The molecule has 0 N–H and O–H groups in total. The first-order chi connectivity index (χ1) is 19.1. The van der Waals surface area contributed by atoms with Gasteiger partial charge in [0.15, 0.2) is 11.5 Å². The van der Waals surface area contributed by atoms with Crippen molar-refractivity contribution < 1.29 is 14.3 Å². The highest BCUT2D eigenvalue weighted by atomic mass is 79.9. The van der Waals surface area contributed by atoms with Crippen molar-refractivity contribution in [1.82, 2.24) is 14.8 Å². The van der Waals surface area contributed by atoms with E-state index in [1.807, 2.05) is 35.2 Å². The summed E-state index contributed by atoms with van der Waals surface area (Å²) in [4.78, 5) is 23.2. The molecule has 0 unspecified atom stereocenters. The number of aromatic nitrogens is 1. The Balaban J connectivity index is 1.20. The zero-order valence-electron chi connectivity index (χ0n) is 22.2. The number of rotatable bonds is 7. The summed E-state index contributed by atoms with van der Waals surface area (Å²) in [5.41, 5.74) is 5.92. The molecule has 4 aromatic rings. The minimum Gasteiger partial charge on any atom is -0.454 e. The molecule has 1 saturated heterocycles. The second-order valence-electron chi connectivity index (χ2n) is 10.3. The van der Waals surface area contributed by atoms with Crippen molar-refractivity contribution in [1.29, 1.82) is 0 Å². The van der Waals surface area contributed by atoms with Crippen LogP contribution >= 0.6 is 15.9 Å². The zero-order valence-corrected chi connectivity index (χ0v) is 23.7. The molecule has 3 aromatic carbocycles. The molecule has 7 heteroatoms. The number of piperazine rings is 1. The zero-order chi connectivity index (χ0) is 26.8. The Hall–Kier alpha value is -3.42. The lowest BCUT2D eigenvalue weighted by Crippen LogP contribution is -2.48. The van der Waals surface area contributed by atoms with Gasteiger partial charge in [-0.15, -0.1) is 0 Å². The summed E-state index contributed by atoms with van der Waals surface area (Å²) in [5, 5.41) is 0.875. The van der Waals surface area contributed by atoms with Crippen LogP contribution in [0, 0.1) is 0 Å². The first kappa shape index (κ1) is 25.8. The molecular weight excluding hydrogens is 554 g/mol. The number of carbonyl (C=O) groups is 1. The maximum absolute atomic E-state index is 13.9. The van der Waals surface area contributed by atoms with Gasteiger partial charge in [0.05, 0.1) is 16.8 Å². The Morgan fingerprint density at radius 1 is 0.897 bits per heavy atom. The van der Waals surface area contributed by atoms with Crippen LogP contribution in [0.5, 0.6) is 11.5 Å². The van der Waals surface area contributed by atoms with E-state index in [0.29, 0.717) is 18.7 Å². The number of nitrogens with zero attached hydrogens (tertiary/aromatic N) is 3. The molecule has 200 valence electrons. The van der Waals surface area contributed by atoms with Gasteiger partial charge < -0.3 is 14.4 Å². The average Bonchev–Trinajstić information content (AvgIpc) is 3.44. The van der Waals surface area contributed by atoms with Gasteiger partial charge in [-0.05, 0) is 60.4 Å². The average molecular weight is 587 g/mol. The molecule has 39 heavy (non-hydrogen) atoms. The maximum atomic E-state index is 13.9. The van der Waals surface area contributed by atoms with Crippen molar-refractivity contribution >= 4 is 32.7 Å². The molecule has 0 saturated carbocycles. The molecule has 2 aliphatic heterocycles. The summed E-state index contributed by atoms with van der Waals surface area (Å²) in [6, 6.07) is 22.7. The summed E-state index contributed by atoms with van der Waals surface area (Å²) in [5.74, 6) is 1.67. The Bertz CT molecular complexity index is 1500. The minimum absolute atomic E-state index is 0.0593. The van der Waals surface area contributed by atoms with Crippen LogP contribution in [0.1, 0.15) is 41.3 Å². The fourth-order valence-corrected chi connectivity index (χ4v) is 5.68. The lowest BCUT2D eigenvalue weighted by Gasteiger charge is -2.35. The monoisotopic (exact) mass is 585 g/mol. The highest BCUT2D eigenvalue weighted by Crippen LogP contribution is 2.33. The first-order valence-electron chi connectivity index (χ1n) is 13.7. The number of benzene rings is 3. The number of halogens is 1. The van der Waals surface area contributed by atoms with E-state index in [0.717, 1.165) is 64.2 Å². The van der Waals surface area contributed by atoms with Gasteiger partial charge in [0.25, 0.3) is 5.91 Å². The van der Waals surface area contributed by atoms with Crippen LogP contribution in [0.15, 0.2) is 71.2 Å². The topological polar surface area (TPSA) is 54.9 Å². The van der Waals surface area contributed by atoms with E-state index in [-0.39, 0.29) is 12.7 Å². The quantitative estimate of drug-likeness (QED) is 0.242. The van der Waals surface area contributed by atoms with Gasteiger partial charge >= 0.3 is 0 Å². The molecule has 6 rings (SSSR count). The van der Waals surface area contributed by atoms with Crippen molar-refractivity contribution in [3.63, 3.8) is 0 Å². The smallest absolute Gasteiger partial charge is 0.254 e. The summed E-state index contributed by atoms with van der Waals surface area (Å²) >= 11 is 3.59. The van der Waals surface area contributed by atoms with Crippen LogP contribution in [0.2, 0.25) is 0 Å². The van der Waals surface area contributed by atoms with Gasteiger partial charge in [0.1, 0.15) is 0 Å². The fourth-order valence-electron chi connectivity index (χ4n) is 5.32. The lowest BCUT2D eigenvalue weighted by molar-refractivity contribution is 0.0630. The number of hydrogen-bond acceptors (Lipinski definition) is 5. The Morgan fingerprint density at radius 2 is 1.67 bits per heavy atom. The van der Waals surface area contributed by atoms with Gasteiger partial charge in [-0.1, -0.05) is 59.6 Å². The number of hydrogen-bond donors (Lipinski definition) is 0. The van der Waals surface area contributed by atoms with Gasteiger partial charge in [0.2, 0.25) is 6.79 Å². The van der Waals surface area contributed by atoms with Crippen molar-refractivity contribution in [2.75, 3.05) is 33.0 Å². The SMILES string of the molecule is CCCCc1ccc(-c2cc(C(=O)N3CCN(Cc4ccc5c(c4)OCO5)CC3)c3cc(Br)ccc3n2)cc1. The van der Waals surface area contributed by atoms with Gasteiger partial charge in [-0.2, -0.15) is 0 Å². The number of carbonyl (C=O) groups excluding carboxylic acids is 1. The first-order valence-corrected chi connectivity index (χ1v) is 14.5. The molecule has 0 radical (unpaired) electrons. The second-order valence-corrected chi connectivity index (χ2v) is 11.2. The Morgan fingerprint density at radius 3 is 2.46 bits per heavy atom. The predicted molar refractivity (Wildman–Crippen MR) is 157 cm³/mol. The van der Waals surface area contributed by atoms with Crippen molar-refractivity contribution in [2.24, 2.45) is 0 Å². The molecule has 1 aromatic heterocycles. The van der Waals surface area contributed by atoms with E-state index in [2.05, 4.69) is 64.2 Å². The standard InChI is InChI=1S/C32H32BrN3O3/c1-2-3-4-22-5-8-24(9-6-22)29-19-27(26-18-25(33)10-11-28(26)34-29)32(37)36-15-13-35(14-16-36)20-23-7-12-30-31(17-23)39-21-38-30/h5-12,17-19H,2-4,13-16,20-21H2,1H3. The van der Waals surface area contributed by atoms with E-state index in [9.17, 15) is 4.79 Å². The molecular formula is C32H32BrN3O3. The van der Waals surface area contributed by atoms with Crippen LogP contribution in [0.4, 0.5) is 0 Å². The number of amides is 1. The molecule has 1 amide bonds. The van der Waals surface area contributed by atoms with E-state index in [4.69, 9.17) is 14.5 Å². The molecule has 1 fully saturated rings. The van der Waals surface area contributed by atoms with E-state index in [1.54, 1.807) is 0 Å². The van der Waals surface area contributed by atoms with Crippen molar-refractivity contribution in [3.05, 3.63) is 87.9 Å². The third-order valence-electron chi connectivity index (χ3n) is 7.57. The van der Waals surface area contributed by atoms with Crippen LogP contribution in [0.3, 0.4) is 0 Å². The van der Waals surface area contributed by atoms with Crippen molar-refractivity contribution in [3.8, 4) is 22.8 Å². The normalized spacial score (nSPS) is 15.2. The number of unbranched alkanes of at least 4 members (excludes halogenated alkanes) is 1. The van der Waals surface area contributed by atoms with Crippen molar-refractivity contribution in [2.45, 2.75) is 32.7 Å². The summed E-state index contributed by atoms with van der Waals surface area (Å²) < 4.78 is 11.9. The van der Waals surface area contributed by atoms with Gasteiger partial charge in [-0.25, -0.2) is 4.98 Å². The molecule has 6 nitrogen and oxygen atoms in total. The molecule has 0 aliphatic carbocycles. The highest BCUT2D eigenvalue weighted by molar-refractivity contribution is 9.10. The predicted octanol–water partition coefficient (Wildman–Crippen LogP) is 6.69. The molecule has 3 heterocycles. The Labute approximate surface area is 237 Å². The summed E-state index contributed by atoms with van der Waals surface area (Å²) in [7, 11) is 0. The lowest BCUT2D eigenvalue weighted by atomic mass is 10.0. The van der Waals surface area contributed by atoms with Crippen LogP contribution < -0.4 is 9.47 Å². The third-order valence-corrected chi connectivity index (χ3v) is 8.07. The van der Waals surface area contributed by atoms with E-state index < -0.39 is 0 Å². The molecule has 0 spiro atoms. The number of fused-ring (bicyclic) bond motifs is 2. The summed E-state index contributed by atoms with van der Waals surface area (Å²) in [6.45, 7) is 6.32. The highest BCUT2D eigenvalue weighted by Gasteiger charge is 2.25. The van der Waals surface area contributed by atoms with Gasteiger partial charge in [-0.3, -0.25) is 9.69 Å². The third kappa shape index (κ3) is 5.65. The van der Waals surface area contributed by atoms with Crippen LogP contribution in [-0.2, 0) is 13.0 Å². The largest absolute Gasteiger partial charge is 0.454 e.